The molecule has 3 aromatic rings. The Labute approximate surface area is 189 Å². The van der Waals surface area contributed by atoms with E-state index >= 15 is 0 Å². The fraction of sp³-hybridized carbons (Fsp3) is 0.292. The maximum Gasteiger partial charge on any atom is 0.243 e. The third-order valence-corrected chi connectivity index (χ3v) is 6.87. The number of carbonyl (C=O) groups is 1. The Kier molecular flexibility index (Phi) is 7.71. The molecule has 1 heterocycles. The number of furan rings is 1. The molecule has 2 aromatic carbocycles. The van der Waals surface area contributed by atoms with Gasteiger partial charge in [-0.05, 0) is 69.3 Å². The van der Waals surface area contributed by atoms with Crippen LogP contribution in [0.2, 0.25) is 0 Å². The molecule has 0 saturated heterocycles. The fourth-order valence-corrected chi connectivity index (χ4v) is 4.87. The van der Waals surface area contributed by atoms with Crippen molar-refractivity contribution in [3.05, 3.63) is 78.8 Å². The Balaban J connectivity index is 1.75. The molecule has 32 heavy (non-hydrogen) atoms. The van der Waals surface area contributed by atoms with Gasteiger partial charge in [-0.3, -0.25) is 4.79 Å². The van der Waals surface area contributed by atoms with Gasteiger partial charge in [0.15, 0.2) is 0 Å². The van der Waals surface area contributed by atoms with E-state index in [0.717, 1.165) is 16.5 Å². The highest BCUT2D eigenvalue weighted by molar-refractivity contribution is 7.89. The van der Waals surface area contributed by atoms with Crippen molar-refractivity contribution in [1.29, 1.82) is 0 Å². The van der Waals surface area contributed by atoms with Crippen LogP contribution in [-0.4, -0.2) is 37.8 Å². The molecule has 0 saturated carbocycles. The molecule has 0 radical (unpaired) electrons. The second-order valence-corrected chi connectivity index (χ2v) is 9.58. The van der Waals surface area contributed by atoms with E-state index in [9.17, 15) is 13.2 Å². The van der Waals surface area contributed by atoms with Crippen LogP contribution in [0.25, 0.3) is 0 Å². The standard InChI is InChI=1S/C24H29N3O4S/c1-4-27(19(2)3)21-14-12-20(13-15-21)25-24(28)18-26(17-22-9-8-16-31-22)32(29,30)23-10-6-5-7-11-23/h5-16,19H,4,17-18H2,1-3H3,(H,25,28). The maximum absolute atomic E-state index is 13.2. The highest BCUT2D eigenvalue weighted by atomic mass is 32.2. The van der Waals surface area contributed by atoms with Crippen molar-refractivity contribution in [2.45, 2.75) is 38.3 Å². The maximum atomic E-state index is 13.2. The molecule has 0 aliphatic carbocycles. The number of carbonyl (C=O) groups excluding carboxylic acids is 1. The first-order valence-electron chi connectivity index (χ1n) is 10.6. The lowest BCUT2D eigenvalue weighted by Crippen LogP contribution is -2.37. The van der Waals surface area contributed by atoms with Crippen LogP contribution in [-0.2, 0) is 21.4 Å². The summed E-state index contributed by atoms with van der Waals surface area (Å²) < 4.78 is 32.8. The number of hydrogen-bond acceptors (Lipinski definition) is 5. The predicted octanol–water partition coefficient (Wildman–Crippen LogP) is 4.34. The van der Waals surface area contributed by atoms with Crippen molar-refractivity contribution >= 4 is 27.3 Å². The van der Waals surface area contributed by atoms with E-state index in [0.29, 0.717) is 17.5 Å². The third kappa shape index (κ3) is 5.77. The Hall–Kier alpha value is -3.10. The molecular formula is C24H29N3O4S. The zero-order chi connectivity index (χ0) is 23.1. The lowest BCUT2D eigenvalue weighted by molar-refractivity contribution is -0.116. The topological polar surface area (TPSA) is 82.9 Å². The minimum Gasteiger partial charge on any atom is -0.468 e. The summed E-state index contributed by atoms with van der Waals surface area (Å²) >= 11 is 0. The summed E-state index contributed by atoms with van der Waals surface area (Å²) in [6.07, 6.45) is 1.47. The molecule has 7 nitrogen and oxygen atoms in total. The van der Waals surface area contributed by atoms with Crippen LogP contribution < -0.4 is 10.2 Å². The van der Waals surface area contributed by atoms with Gasteiger partial charge in [-0.1, -0.05) is 18.2 Å². The first-order valence-corrected chi connectivity index (χ1v) is 12.0. The SMILES string of the molecule is CCN(c1ccc(NC(=O)CN(Cc2ccco2)S(=O)(=O)c2ccccc2)cc1)C(C)C. The molecule has 0 aliphatic rings. The average Bonchev–Trinajstić information content (AvgIpc) is 3.28. The summed E-state index contributed by atoms with van der Waals surface area (Å²) in [4.78, 5) is 15.1. The number of amides is 1. The van der Waals surface area contributed by atoms with Gasteiger partial charge in [-0.15, -0.1) is 0 Å². The van der Waals surface area contributed by atoms with Crippen molar-refractivity contribution < 1.29 is 17.6 Å². The molecule has 170 valence electrons. The van der Waals surface area contributed by atoms with Gasteiger partial charge in [0, 0.05) is 24.0 Å². The number of sulfonamides is 1. The third-order valence-electron chi connectivity index (χ3n) is 5.06. The van der Waals surface area contributed by atoms with E-state index in [-0.39, 0.29) is 18.0 Å². The molecule has 0 fully saturated rings. The van der Waals surface area contributed by atoms with E-state index in [2.05, 4.69) is 31.0 Å². The molecule has 1 N–H and O–H groups in total. The summed E-state index contributed by atoms with van der Waals surface area (Å²) in [5, 5.41) is 2.79. The van der Waals surface area contributed by atoms with Gasteiger partial charge in [0.1, 0.15) is 5.76 Å². The van der Waals surface area contributed by atoms with Gasteiger partial charge >= 0.3 is 0 Å². The van der Waals surface area contributed by atoms with Gasteiger partial charge in [0.2, 0.25) is 15.9 Å². The molecule has 1 aromatic heterocycles. The molecule has 0 atom stereocenters. The Morgan fingerprint density at radius 3 is 2.25 bits per heavy atom. The van der Waals surface area contributed by atoms with Crippen molar-refractivity contribution in [3.8, 4) is 0 Å². The lowest BCUT2D eigenvalue weighted by Gasteiger charge is -2.27. The van der Waals surface area contributed by atoms with Crippen LogP contribution in [0.3, 0.4) is 0 Å². The summed E-state index contributed by atoms with van der Waals surface area (Å²) in [5.74, 6) is 0.0232. The summed E-state index contributed by atoms with van der Waals surface area (Å²) in [6, 6.07) is 19.3. The van der Waals surface area contributed by atoms with Gasteiger partial charge in [0.25, 0.3) is 0 Å². The number of anilines is 2. The van der Waals surface area contributed by atoms with Gasteiger partial charge in [-0.25, -0.2) is 8.42 Å². The van der Waals surface area contributed by atoms with E-state index in [1.165, 1.54) is 18.4 Å². The zero-order valence-electron chi connectivity index (χ0n) is 18.6. The number of benzene rings is 2. The van der Waals surface area contributed by atoms with Gasteiger partial charge in [-0.2, -0.15) is 4.31 Å². The van der Waals surface area contributed by atoms with Gasteiger partial charge in [0.05, 0.1) is 24.2 Å². The molecule has 8 heteroatoms. The Bertz CT molecular complexity index is 1100. The van der Waals surface area contributed by atoms with Crippen LogP contribution in [0.1, 0.15) is 26.5 Å². The van der Waals surface area contributed by atoms with Crippen LogP contribution in [0.15, 0.2) is 82.3 Å². The quantitative estimate of drug-likeness (QED) is 0.492. The molecule has 0 spiro atoms. The molecule has 3 rings (SSSR count). The number of hydrogen-bond donors (Lipinski definition) is 1. The second kappa shape index (κ2) is 10.5. The highest BCUT2D eigenvalue weighted by Gasteiger charge is 2.27. The van der Waals surface area contributed by atoms with Crippen LogP contribution in [0, 0.1) is 0 Å². The molecule has 1 amide bonds. The molecular weight excluding hydrogens is 426 g/mol. The first kappa shape index (κ1) is 23.6. The number of nitrogens with zero attached hydrogens (tertiary/aromatic N) is 2. The van der Waals surface area contributed by atoms with Crippen molar-refractivity contribution in [2.24, 2.45) is 0 Å². The largest absolute Gasteiger partial charge is 0.468 e. The normalized spacial score (nSPS) is 11.7. The lowest BCUT2D eigenvalue weighted by atomic mass is 10.2. The summed E-state index contributed by atoms with van der Waals surface area (Å²) in [7, 11) is -3.89. The second-order valence-electron chi connectivity index (χ2n) is 7.64. The minimum absolute atomic E-state index is 0.0452. The first-order chi connectivity index (χ1) is 15.3. The van der Waals surface area contributed by atoms with Crippen molar-refractivity contribution in [3.63, 3.8) is 0 Å². The zero-order valence-corrected chi connectivity index (χ0v) is 19.4. The summed E-state index contributed by atoms with van der Waals surface area (Å²) in [6.45, 7) is 6.84. The Morgan fingerprint density at radius 1 is 1.00 bits per heavy atom. The predicted molar refractivity (Wildman–Crippen MR) is 126 cm³/mol. The smallest absolute Gasteiger partial charge is 0.243 e. The van der Waals surface area contributed by atoms with Crippen molar-refractivity contribution in [1.82, 2.24) is 4.31 Å². The van der Waals surface area contributed by atoms with Crippen LogP contribution >= 0.6 is 0 Å². The molecule has 0 aliphatic heterocycles. The molecule has 0 bridgehead atoms. The highest BCUT2D eigenvalue weighted by Crippen LogP contribution is 2.21. The van der Waals surface area contributed by atoms with E-state index in [1.807, 2.05) is 24.3 Å². The minimum atomic E-state index is -3.89. The van der Waals surface area contributed by atoms with Crippen molar-refractivity contribution in [2.75, 3.05) is 23.3 Å². The van der Waals surface area contributed by atoms with Crippen LogP contribution in [0.5, 0.6) is 0 Å². The molecule has 0 unspecified atom stereocenters. The van der Waals surface area contributed by atoms with E-state index in [4.69, 9.17) is 4.42 Å². The number of nitrogens with one attached hydrogen (secondary N) is 1. The summed E-state index contributed by atoms with van der Waals surface area (Å²) in [5.41, 5.74) is 1.67. The Morgan fingerprint density at radius 2 is 1.69 bits per heavy atom. The van der Waals surface area contributed by atoms with Crippen LogP contribution in [0.4, 0.5) is 11.4 Å². The average molecular weight is 456 g/mol. The number of rotatable bonds is 10. The van der Waals surface area contributed by atoms with Gasteiger partial charge < -0.3 is 14.6 Å². The van der Waals surface area contributed by atoms with E-state index in [1.54, 1.807) is 30.3 Å². The monoisotopic (exact) mass is 455 g/mol. The fourth-order valence-electron chi connectivity index (χ4n) is 3.49. The van der Waals surface area contributed by atoms with E-state index < -0.39 is 15.9 Å².